The molecule has 1 saturated carbocycles. The molecule has 3 aliphatic rings. The Kier molecular flexibility index (Phi) is 10.0. The van der Waals surface area contributed by atoms with Crippen LogP contribution in [0, 0.1) is 23.1 Å². The molecule has 37 heavy (non-hydrogen) atoms. The van der Waals surface area contributed by atoms with E-state index in [1.54, 1.807) is 7.11 Å². The number of carboxylic acid groups (broad SMARTS) is 2. The molecule has 2 N–H and O–H groups in total. The maximum absolute atomic E-state index is 13.0. The molecular weight excluding hydrogens is 521 g/mol. The van der Waals surface area contributed by atoms with E-state index in [1.165, 1.54) is 31.8 Å². The third kappa shape index (κ3) is 9.25. The van der Waals surface area contributed by atoms with Crippen molar-refractivity contribution in [1.82, 2.24) is 14.9 Å². The van der Waals surface area contributed by atoms with Gasteiger partial charge in [-0.25, -0.2) is 23.9 Å². The Bertz CT molecular complexity index is 888. The Morgan fingerprint density at radius 3 is 2.00 bits per heavy atom. The number of aliphatic carboxylic acids is 2. The fraction of sp³-hybridized carbons (Fsp3) is 0.714. The first kappa shape index (κ1) is 30.5. The van der Waals surface area contributed by atoms with Crippen molar-refractivity contribution in [2.24, 2.45) is 17.3 Å². The second-order valence-electron chi connectivity index (χ2n) is 9.13. The van der Waals surface area contributed by atoms with E-state index >= 15 is 0 Å². The van der Waals surface area contributed by atoms with E-state index in [-0.39, 0.29) is 11.2 Å². The summed E-state index contributed by atoms with van der Waals surface area (Å²) in [4.78, 5) is 31.0. The fourth-order valence-electron chi connectivity index (χ4n) is 4.38. The van der Waals surface area contributed by atoms with Gasteiger partial charge in [-0.1, -0.05) is 0 Å². The second-order valence-corrected chi connectivity index (χ2v) is 9.13. The lowest BCUT2D eigenvalue weighted by molar-refractivity contribution is -0.193. The van der Waals surface area contributed by atoms with Gasteiger partial charge in [-0.2, -0.15) is 26.3 Å². The first-order valence-corrected chi connectivity index (χ1v) is 11.1. The minimum Gasteiger partial charge on any atom is -0.475 e. The number of halogens is 7. The molecule has 0 aromatic carbocycles. The van der Waals surface area contributed by atoms with E-state index in [9.17, 15) is 30.7 Å². The number of anilines is 1. The summed E-state index contributed by atoms with van der Waals surface area (Å²) in [6.45, 7) is 6.25. The molecule has 3 fully saturated rings. The minimum atomic E-state index is -5.08. The summed E-state index contributed by atoms with van der Waals surface area (Å²) in [6.07, 6.45) is -3.72. The van der Waals surface area contributed by atoms with Crippen molar-refractivity contribution in [2.45, 2.75) is 31.6 Å². The van der Waals surface area contributed by atoms with E-state index in [4.69, 9.17) is 24.5 Å². The Morgan fingerprint density at radius 1 is 1.05 bits per heavy atom. The van der Waals surface area contributed by atoms with Crippen molar-refractivity contribution < 1.29 is 55.3 Å². The van der Waals surface area contributed by atoms with Crippen molar-refractivity contribution in [3.63, 3.8) is 0 Å². The minimum absolute atomic E-state index is 0.267. The Morgan fingerprint density at radius 2 is 1.57 bits per heavy atom. The van der Waals surface area contributed by atoms with Crippen LogP contribution in [-0.2, 0) is 14.3 Å². The molecular formula is C21H27F7N4O5. The van der Waals surface area contributed by atoms with E-state index < -0.39 is 24.3 Å². The van der Waals surface area contributed by atoms with Crippen LogP contribution in [-0.4, -0.2) is 95.8 Å². The largest absolute Gasteiger partial charge is 0.490 e. The summed E-state index contributed by atoms with van der Waals surface area (Å²) in [7, 11) is 1.80. The predicted molar refractivity (Wildman–Crippen MR) is 113 cm³/mol. The monoisotopic (exact) mass is 548 g/mol. The van der Waals surface area contributed by atoms with Gasteiger partial charge in [0.05, 0.1) is 19.0 Å². The smallest absolute Gasteiger partial charge is 0.475 e. The van der Waals surface area contributed by atoms with E-state index in [1.807, 2.05) is 0 Å². The van der Waals surface area contributed by atoms with Crippen LogP contribution in [0.2, 0.25) is 0 Å². The van der Waals surface area contributed by atoms with Crippen LogP contribution >= 0.6 is 0 Å². The van der Waals surface area contributed by atoms with E-state index in [0.717, 1.165) is 45.1 Å². The Labute approximate surface area is 207 Å². The Balaban J connectivity index is 0.000000286. The first-order valence-electron chi connectivity index (χ1n) is 11.1. The van der Waals surface area contributed by atoms with Crippen molar-refractivity contribution in [3.05, 3.63) is 18.2 Å². The van der Waals surface area contributed by atoms with Gasteiger partial charge in [0, 0.05) is 51.2 Å². The molecule has 1 spiro atoms. The summed E-state index contributed by atoms with van der Waals surface area (Å²) >= 11 is 0. The lowest BCUT2D eigenvalue weighted by atomic mass is 9.78. The van der Waals surface area contributed by atoms with Gasteiger partial charge in [-0.05, 0) is 25.2 Å². The van der Waals surface area contributed by atoms with Gasteiger partial charge in [0.15, 0.2) is 5.82 Å². The normalized spacial score (nSPS) is 23.8. The molecule has 1 aromatic heterocycles. The fourth-order valence-corrected chi connectivity index (χ4v) is 4.38. The van der Waals surface area contributed by atoms with E-state index in [2.05, 4.69) is 19.8 Å². The number of carbonyl (C=O) groups is 2. The van der Waals surface area contributed by atoms with Crippen LogP contribution in [0.3, 0.4) is 0 Å². The zero-order valence-electron chi connectivity index (χ0n) is 19.7. The van der Waals surface area contributed by atoms with Crippen LogP contribution in [0.4, 0.5) is 36.7 Å². The number of alkyl halides is 6. The number of nitrogens with zero attached hydrogens (tertiary/aromatic N) is 4. The SMILES string of the molecule is COC[C@H]1CN(CC2CC2)C[C@@]12CCN(c1ncc(F)cn1)C2.O=C(O)C(F)(F)F.O=C(O)C(F)(F)F. The van der Waals surface area contributed by atoms with Gasteiger partial charge in [0.2, 0.25) is 5.95 Å². The van der Waals surface area contributed by atoms with Gasteiger partial charge in [-0.15, -0.1) is 0 Å². The molecule has 2 atom stereocenters. The third-order valence-corrected chi connectivity index (χ3v) is 6.22. The number of rotatable bonds is 5. The number of likely N-dealkylation sites (tertiary alicyclic amines) is 1. The molecule has 4 rings (SSSR count). The molecule has 0 unspecified atom stereocenters. The van der Waals surface area contributed by atoms with Crippen molar-refractivity contribution in [3.8, 4) is 0 Å². The van der Waals surface area contributed by atoms with Crippen LogP contribution in [0.15, 0.2) is 12.4 Å². The molecule has 210 valence electrons. The van der Waals surface area contributed by atoms with Gasteiger partial charge in [-0.3, -0.25) is 0 Å². The van der Waals surface area contributed by atoms with Crippen molar-refractivity contribution in [2.75, 3.05) is 51.3 Å². The van der Waals surface area contributed by atoms with Crippen LogP contribution in [0.5, 0.6) is 0 Å². The average molecular weight is 548 g/mol. The molecule has 9 nitrogen and oxygen atoms in total. The summed E-state index contributed by atoms with van der Waals surface area (Å²) in [6, 6.07) is 0. The molecule has 16 heteroatoms. The van der Waals surface area contributed by atoms with E-state index in [0.29, 0.717) is 11.9 Å². The number of carboxylic acids is 2. The van der Waals surface area contributed by atoms with Crippen LogP contribution in [0.1, 0.15) is 19.3 Å². The average Bonchev–Trinajstić information content (AvgIpc) is 3.40. The number of aromatic nitrogens is 2. The lowest BCUT2D eigenvalue weighted by Crippen LogP contribution is -2.36. The van der Waals surface area contributed by atoms with Crippen molar-refractivity contribution in [1.29, 1.82) is 0 Å². The second kappa shape index (κ2) is 12.2. The van der Waals surface area contributed by atoms with Crippen molar-refractivity contribution >= 4 is 17.9 Å². The summed E-state index contributed by atoms with van der Waals surface area (Å²) in [5.74, 6) is -3.75. The molecule has 3 heterocycles. The summed E-state index contributed by atoms with van der Waals surface area (Å²) in [5, 5.41) is 14.2. The maximum atomic E-state index is 13.0. The molecule has 2 saturated heterocycles. The lowest BCUT2D eigenvalue weighted by Gasteiger charge is -2.30. The van der Waals surface area contributed by atoms with Gasteiger partial charge >= 0.3 is 24.3 Å². The molecule has 0 radical (unpaired) electrons. The molecule has 1 aliphatic carbocycles. The van der Waals surface area contributed by atoms with Gasteiger partial charge < -0.3 is 24.7 Å². The highest BCUT2D eigenvalue weighted by Gasteiger charge is 2.51. The van der Waals surface area contributed by atoms with Gasteiger partial charge in [0.1, 0.15) is 0 Å². The number of hydrogen-bond acceptors (Lipinski definition) is 7. The first-order chi connectivity index (χ1) is 17.1. The highest BCUT2D eigenvalue weighted by Crippen LogP contribution is 2.45. The maximum Gasteiger partial charge on any atom is 0.490 e. The predicted octanol–water partition coefficient (Wildman–Crippen LogP) is 3.07. The highest BCUT2D eigenvalue weighted by atomic mass is 19.4. The molecule has 0 amide bonds. The quantitative estimate of drug-likeness (QED) is 0.536. The zero-order chi connectivity index (χ0) is 28.0. The standard InChI is InChI=1S/C17H25FN4O.2C2HF3O2/c1-23-10-14-9-21(8-13-2-3-13)11-17(14)4-5-22(12-17)16-19-6-15(18)7-20-16;2*3-2(4,5)1(6)7/h6-7,13-14H,2-5,8-12H2,1H3;2*(H,6,7)/t14-,17-;;/m1../s1. The summed E-state index contributed by atoms with van der Waals surface area (Å²) < 4.78 is 82.0. The Hall–Kier alpha value is -2.75. The molecule has 2 aliphatic heterocycles. The number of ether oxygens (including phenoxy) is 1. The number of hydrogen-bond donors (Lipinski definition) is 2. The third-order valence-electron chi connectivity index (χ3n) is 6.22. The highest BCUT2D eigenvalue weighted by molar-refractivity contribution is 5.73. The van der Waals surface area contributed by atoms with Crippen LogP contribution in [0.25, 0.3) is 0 Å². The summed E-state index contributed by atoms with van der Waals surface area (Å²) in [5.41, 5.74) is 0.267. The van der Waals surface area contributed by atoms with Gasteiger partial charge in [0.25, 0.3) is 0 Å². The molecule has 0 bridgehead atoms. The van der Waals surface area contributed by atoms with Crippen LogP contribution < -0.4 is 4.90 Å². The zero-order valence-corrected chi connectivity index (χ0v) is 19.7. The molecule has 1 aromatic rings. The topological polar surface area (TPSA) is 116 Å². The number of methoxy groups -OCH3 is 1.